The standard InChI is InChI=1S/C20H17ClN4O4/c1-13-17(18(21)25(24-13)15-10-6-3-7-11-15)20(28)29-12-16(26)22-23-19(27)14-8-4-2-5-9-14/h2-11H,12H2,1H3,(H,22,26)(H,23,27). The van der Waals surface area contributed by atoms with E-state index in [2.05, 4.69) is 16.0 Å². The number of aromatic nitrogens is 2. The molecule has 8 nitrogen and oxygen atoms in total. The molecule has 0 fully saturated rings. The molecule has 148 valence electrons. The number of rotatable bonds is 5. The molecule has 0 saturated heterocycles. The van der Waals surface area contributed by atoms with Gasteiger partial charge in [-0.2, -0.15) is 5.10 Å². The number of nitrogens with zero attached hydrogens (tertiary/aromatic N) is 2. The van der Waals surface area contributed by atoms with Gasteiger partial charge >= 0.3 is 5.97 Å². The lowest BCUT2D eigenvalue weighted by Crippen LogP contribution is -2.43. The van der Waals surface area contributed by atoms with Crippen molar-refractivity contribution in [2.24, 2.45) is 0 Å². The number of benzene rings is 2. The maximum atomic E-state index is 12.4. The van der Waals surface area contributed by atoms with Crippen LogP contribution in [0.25, 0.3) is 5.69 Å². The quantitative estimate of drug-likeness (QED) is 0.495. The van der Waals surface area contributed by atoms with Crippen LogP contribution in [-0.2, 0) is 9.53 Å². The summed E-state index contributed by atoms with van der Waals surface area (Å²) in [4.78, 5) is 36.1. The van der Waals surface area contributed by atoms with Crippen LogP contribution in [0, 0.1) is 6.92 Å². The smallest absolute Gasteiger partial charge is 0.343 e. The van der Waals surface area contributed by atoms with E-state index in [1.54, 1.807) is 49.4 Å². The Labute approximate surface area is 171 Å². The summed E-state index contributed by atoms with van der Waals surface area (Å²) in [7, 11) is 0. The van der Waals surface area contributed by atoms with E-state index in [9.17, 15) is 14.4 Å². The Balaban J connectivity index is 1.57. The molecule has 1 aromatic heterocycles. The minimum Gasteiger partial charge on any atom is -0.452 e. The monoisotopic (exact) mass is 412 g/mol. The number of carbonyl (C=O) groups excluding carboxylic acids is 3. The molecule has 0 bridgehead atoms. The number of ether oxygens (including phenoxy) is 1. The van der Waals surface area contributed by atoms with Crippen molar-refractivity contribution in [3.8, 4) is 5.69 Å². The number of para-hydroxylation sites is 1. The van der Waals surface area contributed by atoms with Gasteiger partial charge in [0.05, 0.1) is 11.4 Å². The first-order valence-electron chi connectivity index (χ1n) is 8.59. The topological polar surface area (TPSA) is 102 Å². The van der Waals surface area contributed by atoms with E-state index in [4.69, 9.17) is 16.3 Å². The molecule has 0 spiro atoms. The third kappa shape index (κ3) is 4.80. The third-order valence-electron chi connectivity index (χ3n) is 3.89. The van der Waals surface area contributed by atoms with Crippen LogP contribution in [0.3, 0.4) is 0 Å². The van der Waals surface area contributed by atoms with Crippen LogP contribution in [0.4, 0.5) is 0 Å². The molecule has 0 unspecified atom stereocenters. The summed E-state index contributed by atoms with van der Waals surface area (Å²) in [6.07, 6.45) is 0. The molecule has 0 aliphatic rings. The zero-order valence-electron chi connectivity index (χ0n) is 15.4. The van der Waals surface area contributed by atoms with Crippen molar-refractivity contribution in [1.29, 1.82) is 0 Å². The molecule has 3 rings (SSSR count). The Morgan fingerprint density at radius 3 is 2.28 bits per heavy atom. The van der Waals surface area contributed by atoms with Crippen molar-refractivity contribution < 1.29 is 19.1 Å². The van der Waals surface area contributed by atoms with E-state index in [0.29, 0.717) is 16.9 Å². The second kappa shape index (κ2) is 9.03. The second-order valence-corrected chi connectivity index (χ2v) is 6.30. The fraction of sp³-hybridized carbons (Fsp3) is 0.100. The highest BCUT2D eigenvalue weighted by Gasteiger charge is 2.23. The molecule has 1 heterocycles. The summed E-state index contributed by atoms with van der Waals surface area (Å²) in [6, 6.07) is 17.4. The maximum Gasteiger partial charge on any atom is 0.343 e. The lowest BCUT2D eigenvalue weighted by atomic mass is 10.2. The molecule has 2 aromatic carbocycles. The summed E-state index contributed by atoms with van der Waals surface area (Å²) in [6.45, 7) is 1.02. The number of hydrogen-bond acceptors (Lipinski definition) is 5. The van der Waals surface area contributed by atoms with Crippen LogP contribution in [0.15, 0.2) is 60.7 Å². The van der Waals surface area contributed by atoms with Crippen LogP contribution < -0.4 is 10.9 Å². The number of halogens is 1. The molecule has 2 amide bonds. The Kier molecular flexibility index (Phi) is 6.25. The summed E-state index contributed by atoms with van der Waals surface area (Å²) >= 11 is 6.29. The van der Waals surface area contributed by atoms with Crippen molar-refractivity contribution in [2.75, 3.05) is 6.61 Å². The number of hydrazine groups is 1. The van der Waals surface area contributed by atoms with Gasteiger partial charge in [0, 0.05) is 5.56 Å². The van der Waals surface area contributed by atoms with Gasteiger partial charge in [-0.1, -0.05) is 48.0 Å². The summed E-state index contributed by atoms with van der Waals surface area (Å²) in [5.74, 6) is -1.99. The molecule has 0 aliphatic heterocycles. The highest BCUT2D eigenvalue weighted by molar-refractivity contribution is 6.33. The number of hydrogen-bond donors (Lipinski definition) is 2. The summed E-state index contributed by atoms with van der Waals surface area (Å²) in [5, 5.41) is 4.33. The third-order valence-corrected chi connectivity index (χ3v) is 4.24. The molecule has 3 aromatic rings. The van der Waals surface area contributed by atoms with Crippen molar-refractivity contribution in [3.63, 3.8) is 0 Å². The number of amides is 2. The molecule has 0 aliphatic carbocycles. The molecule has 9 heteroatoms. The van der Waals surface area contributed by atoms with Gasteiger partial charge in [-0.05, 0) is 31.2 Å². The number of carbonyl (C=O) groups is 3. The number of aryl methyl sites for hydroxylation is 1. The fourth-order valence-corrected chi connectivity index (χ4v) is 2.85. The van der Waals surface area contributed by atoms with E-state index in [-0.39, 0.29) is 10.7 Å². The Morgan fingerprint density at radius 1 is 1.00 bits per heavy atom. The first-order valence-corrected chi connectivity index (χ1v) is 8.97. The zero-order valence-corrected chi connectivity index (χ0v) is 16.1. The lowest BCUT2D eigenvalue weighted by Gasteiger charge is -2.08. The van der Waals surface area contributed by atoms with Gasteiger partial charge in [-0.25, -0.2) is 9.48 Å². The summed E-state index contributed by atoms with van der Waals surface area (Å²) in [5.41, 5.74) is 5.90. The largest absolute Gasteiger partial charge is 0.452 e. The Bertz CT molecular complexity index is 1040. The van der Waals surface area contributed by atoms with Crippen LogP contribution in [0.5, 0.6) is 0 Å². The molecule has 0 radical (unpaired) electrons. The normalized spacial score (nSPS) is 10.3. The van der Waals surface area contributed by atoms with Crippen molar-refractivity contribution in [3.05, 3.63) is 82.6 Å². The second-order valence-electron chi connectivity index (χ2n) is 5.94. The average molecular weight is 413 g/mol. The zero-order chi connectivity index (χ0) is 20.8. The Hall–Kier alpha value is -3.65. The maximum absolute atomic E-state index is 12.4. The van der Waals surface area contributed by atoms with Gasteiger partial charge < -0.3 is 4.74 Å². The Morgan fingerprint density at radius 2 is 1.62 bits per heavy atom. The van der Waals surface area contributed by atoms with Gasteiger partial charge in [-0.15, -0.1) is 0 Å². The van der Waals surface area contributed by atoms with Gasteiger partial charge in [-0.3, -0.25) is 20.4 Å². The minimum absolute atomic E-state index is 0.0663. The van der Waals surface area contributed by atoms with E-state index in [0.717, 1.165) is 0 Å². The fourth-order valence-electron chi connectivity index (χ4n) is 2.50. The van der Waals surface area contributed by atoms with E-state index in [1.165, 1.54) is 4.68 Å². The SMILES string of the molecule is Cc1nn(-c2ccccc2)c(Cl)c1C(=O)OCC(=O)NNC(=O)c1ccccc1. The van der Waals surface area contributed by atoms with Crippen LogP contribution in [0.1, 0.15) is 26.4 Å². The van der Waals surface area contributed by atoms with Gasteiger partial charge in [0.1, 0.15) is 10.7 Å². The predicted octanol–water partition coefficient (Wildman–Crippen LogP) is 2.45. The number of nitrogens with one attached hydrogen (secondary N) is 2. The first kappa shape index (κ1) is 20.1. The van der Waals surface area contributed by atoms with Gasteiger partial charge in [0.25, 0.3) is 11.8 Å². The van der Waals surface area contributed by atoms with Gasteiger partial charge in [0.2, 0.25) is 0 Å². The first-order chi connectivity index (χ1) is 14.0. The van der Waals surface area contributed by atoms with Crippen molar-refractivity contribution in [1.82, 2.24) is 20.6 Å². The van der Waals surface area contributed by atoms with E-state index >= 15 is 0 Å². The van der Waals surface area contributed by atoms with Crippen LogP contribution >= 0.6 is 11.6 Å². The summed E-state index contributed by atoms with van der Waals surface area (Å²) < 4.78 is 6.41. The van der Waals surface area contributed by atoms with Crippen molar-refractivity contribution >= 4 is 29.4 Å². The minimum atomic E-state index is -0.792. The van der Waals surface area contributed by atoms with Crippen LogP contribution in [-0.4, -0.2) is 34.2 Å². The highest BCUT2D eigenvalue weighted by atomic mass is 35.5. The van der Waals surface area contributed by atoms with E-state index < -0.39 is 24.4 Å². The van der Waals surface area contributed by atoms with E-state index in [1.807, 2.05) is 18.2 Å². The molecule has 29 heavy (non-hydrogen) atoms. The van der Waals surface area contributed by atoms with Crippen molar-refractivity contribution in [2.45, 2.75) is 6.92 Å². The molecular formula is C20H17ClN4O4. The van der Waals surface area contributed by atoms with Crippen LogP contribution in [0.2, 0.25) is 5.15 Å². The predicted molar refractivity (Wildman–Crippen MR) is 106 cm³/mol. The molecule has 2 N–H and O–H groups in total. The lowest BCUT2D eigenvalue weighted by molar-refractivity contribution is -0.125. The molecule has 0 atom stereocenters. The average Bonchev–Trinajstić information content (AvgIpc) is 3.05. The molecular weight excluding hydrogens is 396 g/mol. The highest BCUT2D eigenvalue weighted by Crippen LogP contribution is 2.24. The number of esters is 1. The molecule has 0 saturated carbocycles. The van der Waals surface area contributed by atoms with Gasteiger partial charge in [0.15, 0.2) is 6.61 Å².